The summed E-state index contributed by atoms with van der Waals surface area (Å²) in [6.45, 7) is 3.36. The van der Waals surface area contributed by atoms with Crippen LogP contribution in [0.1, 0.15) is 19.2 Å². The van der Waals surface area contributed by atoms with Gasteiger partial charge in [-0.05, 0) is 18.6 Å². The number of aromatic nitrogens is 2. The summed E-state index contributed by atoms with van der Waals surface area (Å²) in [5.41, 5.74) is 0. The summed E-state index contributed by atoms with van der Waals surface area (Å²) in [7, 11) is -3.31. The molecule has 1 N–H and O–H groups in total. The SMILES string of the molecule is CCc1nccn1CCCNS(=O)(=O)CCOc1ccccc1. The normalized spacial score (nSPS) is 11.5. The van der Waals surface area contributed by atoms with Gasteiger partial charge in [0.05, 0.1) is 5.75 Å². The van der Waals surface area contributed by atoms with Gasteiger partial charge in [-0.15, -0.1) is 0 Å². The van der Waals surface area contributed by atoms with E-state index < -0.39 is 10.0 Å². The molecule has 0 aliphatic carbocycles. The largest absolute Gasteiger partial charge is 0.492 e. The average molecular weight is 337 g/mol. The number of ether oxygens (including phenoxy) is 1. The van der Waals surface area contributed by atoms with E-state index in [4.69, 9.17) is 4.74 Å². The van der Waals surface area contributed by atoms with Crippen molar-refractivity contribution in [1.82, 2.24) is 14.3 Å². The number of para-hydroxylation sites is 1. The van der Waals surface area contributed by atoms with Gasteiger partial charge in [0, 0.05) is 31.9 Å². The molecule has 0 saturated heterocycles. The maximum Gasteiger partial charge on any atom is 0.214 e. The van der Waals surface area contributed by atoms with Crippen LogP contribution in [0.25, 0.3) is 0 Å². The van der Waals surface area contributed by atoms with E-state index in [2.05, 4.69) is 9.71 Å². The summed E-state index contributed by atoms with van der Waals surface area (Å²) in [5, 5.41) is 0. The van der Waals surface area contributed by atoms with Gasteiger partial charge in [-0.1, -0.05) is 25.1 Å². The van der Waals surface area contributed by atoms with Gasteiger partial charge in [-0.2, -0.15) is 0 Å². The highest BCUT2D eigenvalue weighted by molar-refractivity contribution is 7.89. The van der Waals surface area contributed by atoms with E-state index in [-0.39, 0.29) is 12.4 Å². The second kappa shape index (κ2) is 8.69. The van der Waals surface area contributed by atoms with Gasteiger partial charge in [0.25, 0.3) is 0 Å². The average Bonchev–Trinajstić information content (AvgIpc) is 3.00. The third-order valence-corrected chi connectivity index (χ3v) is 4.73. The van der Waals surface area contributed by atoms with E-state index in [1.807, 2.05) is 35.9 Å². The monoisotopic (exact) mass is 337 g/mol. The molecular weight excluding hydrogens is 314 g/mol. The molecule has 126 valence electrons. The van der Waals surface area contributed by atoms with Crippen molar-refractivity contribution in [2.45, 2.75) is 26.3 Å². The summed E-state index contributed by atoms with van der Waals surface area (Å²) in [6, 6.07) is 9.19. The molecule has 2 rings (SSSR count). The van der Waals surface area contributed by atoms with E-state index in [9.17, 15) is 8.42 Å². The van der Waals surface area contributed by atoms with Crippen molar-refractivity contribution in [3.05, 3.63) is 48.5 Å². The topological polar surface area (TPSA) is 73.2 Å². The maximum atomic E-state index is 11.9. The lowest BCUT2D eigenvalue weighted by molar-refractivity contribution is 0.340. The minimum absolute atomic E-state index is 0.0484. The summed E-state index contributed by atoms with van der Waals surface area (Å²) in [5.74, 6) is 1.65. The molecule has 0 aliphatic rings. The summed E-state index contributed by atoms with van der Waals surface area (Å²) in [4.78, 5) is 4.24. The third-order valence-electron chi connectivity index (χ3n) is 3.38. The number of hydrogen-bond acceptors (Lipinski definition) is 4. The van der Waals surface area contributed by atoms with Crippen LogP contribution in [-0.2, 0) is 23.0 Å². The van der Waals surface area contributed by atoms with Gasteiger partial charge >= 0.3 is 0 Å². The second-order valence-electron chi connectivity index (χ2n) is 5.12. The van der Waals surface area contributed by atoms with Gasteiger partial charge in [-0.3, -0.25) is 0 Å². The van der Waals surface area contributed by atoms with Crippen molar-refractivity contribution in [1.29, 1.82) is 0 Å². The standard InChI is InChI=1S/C16H23N3O3S/c1-2-16-17-10-12-19(16)11-6-9-18-23(20,21)14-13-22-15-7-4-3-5-8-15/h3-5,7-8,10,12,18H,2,6,9,11,13-14H2,1H3. The van der Waals surface area contributed by atoms with Crippen molar-refractivity contribution in [3.8, 4) is 5.75 Å². The first kappa shape index (κ1) is 17.5. The highest BCUT2D eigenvalue weighted by atomic mass is 32.2. The van der Waals surface area contributed by atoms with Crippen molar-refractivity contribution < 1.29 is 13.2 Å². The van der Waals surface area contributed by atoms with E-state index in [1.54, 1.807) is 18.3 Å². The van der Waals surface area contributed by atoms with Gasteiger partial charge in [0.2, 0.25) is 10.0 Å². The van der Waals surface area contributed by atoms with Gasteiger partial charge < -0.3 is 9.30 Å². The van der Waals surface area contributed by atoms with Crippen LogP contribution in [-0.4, -0.2) is 36.9 Å². The maximum absolute atomic E-state index is 11.9. The van der Waals surface area contributed by atoms with Crippen LogP contribution >= 0.6 is 0 Å². The fourth-order valence-electron chi connectivity index (χ4n) is 2.19. The number of nitrogens with one attached hydrogen (secondary N) is 1. The Kier molecular flexibility index (Phi) is 6.61. The molecule has 1 aromatic carbocycles. The van der Waals surface area contributed by atoms with E-state index in [1.165, 1.54) is 0 Å². The zero-order valence-electron chi connectivity index (χ0n) is 13.3. The number of rotatable bonds is 10. The van der Waals surface area contributed by atoms with Crippen molar-refractivity contribution >= 4 is 10.0 Å². The molecule has 0 fully saturated rings. The Labute approximate surface area is 137 Å². The molecule has 0 radical (unpaired) electrons. The van der Waals surface area contributed by atoms with E-state index in [0.29, 0.717) is 12.3 Å². The minimum Gasteiger partial charge on any atom is -0.492 e. The lowest BCUT2D eigenvalue weighted by Gasteiger charge is -2.09. The first-order chi connectivity index (χ1) is 11.1. The first-order valence-corrected chi connectivity index (χ1v) is 9.41. The van der Waals surface area contributed by atoms with Crippen LogP contribution in [0.5, 0.6) is 5.75 Å². The minimum atomic E-state index is -3.31. The van der Waals surface area contributed by atoms with Crippen LogP contribution in [0.2, 0.25) is 0 Å². The van der Waals surface area contributed by atoms with Gasteiger partial charge in [0.15, 0.2) is 0 Å². The zero-order chi connectivity index (χ0) is 16.5. The molecule has 0 saturated carbocycles. The third kappa shape index (κ3) is 6.03. The molecule has 2 aromatic rings. The molecular formula is C16H23N3O3S. The molecule has 0 amide bonds. The number of aryl methyl sites for hydroxylation is 2. The fourth-order valence-corrected chi connectivity index (χ4v) is 3.10. The van der Waals surface area contributed by atoms with Gasteiger partial charge in [-0.25, -0.2) is 18.1 Å². The summed E-state index contributed by atoms with van der Waals surface area (Å²) < 4.78 is 33.8. The highest BCUT2D eigenvalue weighted by Crippen LogP contribution is 2.08. The molecule has 0 bridgehead atoms. The van der Waals surface area contributed by atoms with Crippen LogP contribution in [0.15, 0.2) is 42.7 Å². The first-order valence-electron chi connectivity index (χ1n) is 7.76. The molecule has 0 aliphatic heterocycles. The van der Waals surface area contributed by atoms with E-state index >= 15 is 0 Å². The predicted octanol–water partition coefficient (Wildman–Crippen LogP) is 1.83. The molecule has 1 heterocycles. The Morgan fingerprint density at radius 1 is 1.26 bits per heavy atom. The Balaban J connectivity index is 1.66. The molecule has 0 atom stereocenters. The fraction of sp³-hybridized carbons (Fsp3) is 0.438. The number of sulfonamides is 1. The molecule has 0 spiro atoms. The highest BCUT2D eigenvalue weighted by Gasteiger charge is 2.10. The van der Waals surface area contributed by atoms with Crippen LogP contribution in [0, 0.1) is 0 Å². The lowest BCUT2D eigenvalue weighted by atomic mass is 10.3. The predicted molar refractivity (Wildman–Crippen MR) is 89.9 cm³/mol. The lowest BCUT2D eigenvalue weighted by Crippen LogP contribution is -2.30. The summed E-state index contributed by atoms with van der Waals surface area (Å²) in [6.07, 6.45) is 5.28. The van der Waals surface area contributed by atoms with Crippen molar-refractivity contribution in [2.75, 3.05) is 18.9 Å². The van der Waals surface area contributed by atoms with Gasteiger partial charge in [0.1, 0.15) is 18.2 Å². The number of benzene rings is 1. The Hall–Kier alpha value is -1.86. The van der Waals surface area contributed by atoms with Crippen LogP contribution in [0.3, 0.4) is 0 Å². The molecule has 0 unspecified atom stereocenters. The second-order valence-corrected chi connectivity index (χ2v) is 7.05. The van der Waals surface area contributed by atoms with Crippen molar-refractivity contribution in [3.63, 3.8) is 0 Å². The molecule has 1 aromatic heterocycles. The number of nitrogens with zero attached hydrogens (tertiary/aromatic N) is 2. The van der Waals surface area contributed by atoms with E-state index in [0.717, 1.165) is 25.2 Å². The summed E-state index contributed by atoms with van der Waals surface area (Å²) >= 11 is 0. The smallest absolute Gasteiger partial charge is 0.214 e. The van der Waals surface area contributed by atoms with Crippen LogP contribution in [0.4, 0.5) is 0 Å². The van der Waals surface area contributed by atoms with Crippen LogP contribution < -0.4 is 9.46 Å². The quantitative estimate of drug-likeness (QED) is 0.671. The molecule has 6 nitrogen and oxygen atoms in total. The number of imidazole rings is 1. The Morgan fingerprint density at radius 2 is 2.04 bits per heavy atom. The zero-order valence-corrected chi connectivity index (χ0v) is 14.1. The molecule has 23 heavy (non-hydrogen) atoms. The Morgan fingerprint density at radius 3 is 2.78 bits per heavy atom. The van der Waals surface area contributed by atoms with Crippen molar-refractivity contribution in [2.24, 2.45) is 0 Å². The molecule has 7 heteroatoms. The number of hydrogen-bond donors (Lipinski definition) is 1. The Bertz CT molecular complexity index is 684.